The summed E-state index contributed by atoms with van der Waals surface area (Å²) in [6.45, 7) is 7.40. The highest BCUT2D eigenvalue weighted by atomic mass is 16.5. The van der Waals surface area contributed by atoms with Crippen LogP contribution in [0.3, 0.4) is 0 Å². The standard InChI is InChI=1S/C12H24N2O2/c1-2-16-11-8-12(9-11,10-15)14-6-3-4-13-5-7-14/h11,13,15H,2-10H2,1H3. The van der Waals surface area contributed by atoms with Gasteiger partial charge in [0.05, 0.1) is 12.7 Å². The van der Waals surface area contributed by atoms with E-state index in [-0.39, 0.29) is 12.1 Å². The van der Waals surface area contributed by atoms with Gasteiger partial charge in [-0.3, -0.25) is 4.90 Å². The molecule has 1 aliphatic heterocycles. The first-order chi connectivity index (χ1) is 7.80. The van der Waals surface area contributed by atoms with Crippen LogP contribution in [-0.2, 0) is 4.74 Å². The SMILES string of the molecule is CCOC1CC(CO)(N2CCCNCC2)C1. The molecule has 0 atom stereocenters. The topological polar surface area (TPSA) is 44.7 Å². The van der Waals surface area contributed by atoms with E-state index in [1.807, 2.05) is 6.92 Å². The molecule has 0 unspecified atom stereocenters. The van der Waals surface area contributed by atoms with Gasteiger partial charge in [0.15, 0.2) is 0 Å². The van der Waals surface area contributed by atoms with E-state index >= 15 is 0 Å². The summed E-state index contributed by atoms with van der Waals surface area (Å²) in [5.74, 6) is 0. The number of hydrogen-bond donors (Lipinski definition) is 2. The molecule has 0 aromatic rings. The third kappa shape index (κ3) is 2.40. The van der Waals surface area contributed by atoms with E-state index in [0.29, 0.717) is 6.10 Å². The van der Waals surface area contributed by atoms with E-state index in [0.717, 1.165) is 45.6 Å². The van der Waals surface area contributed by atoms with Crippen molar-refractivity contribution in [2.24, 2.45) is 0 Å². The van der Waals surface area contributed by atoms with Crippen LogP contribution in [0, 0.1) is 0 Å². The van der Waals surface area contributed by atoms with Crippen molar-refractivity contribution in [3.05, 3.63) is 0 Å². The molecule has 4 nitrogen and oxygen atoms in total. The van der Waals surface area contributed by atoms with E-state index in [1.165, 1.54) is 6.42 Å². The molecule has 2 fully saturated rings. The van der Waals surface area contributed by atoms with Gasteiger partial charge < -0.3 is 15.2 Å². The van der Waals surface area contributed by atoms with Gasteiger partial charge >= 0.3 is 0 Å². The molecule has 94 valence electrons. The fourth-order valence-electron chi connectivity index (χ4n) is 2.95. The predicted octanol–water partition coefficient (Wildman–Crippen LogP) is 0.212. The van der Waals surface area contributed by atoms with Crippen LogP contribution >= 0.6 is 0 Å². The van der Waals surface area contributed by atoms with E-state index in [4.69, 9.17) is 4.74 Å². The Morgan fingerprint density at radius 1 is 1.38 bits per heavy atom. The van der Waals surface area contributed by atoms with Crippen LogP contribution in [-0.4, -0.2) is 61.0 Å². The fraction of sp³-hybridized carbons (Fsp3) is 1.00. The second-order valence-electron chi connectivity index (χ2n) is 4.96. The van der Waals surface area contributed by atoms with Gasteiger partial charge in [-0.15, -0.1) is 0 Å². The third-order valence-electron chi connectivity index (χ3n) is 3.92. The first-order valence-electron chi connectivity index (χ1n) is 6.49. The third-order valence-corrected chi connectivity index (χ3v) is 3.92. The van der Waals surface area contributed by atoms with Gasteiger partial charge in [0.1, 0.15) is 0 Å². The van der Waals surface area contributed by atoms with Crippen molar-refractivity contribution < 1.29 is 9.84 Å². The zero-order valence-corrected chi connectivity index (χ0v) is 10.2. The highest BCUT2D eigenvalue weighted by Gasteiger charge is 2.48. The predicted molar refractivity (Wildman–Crippen MR) is 63.5 cm³/mol. The van der Waals surface area contributed by atoms with Crippen molar-refractivity contribution in [1.82, 2.24) is 10.2 Å². The molecular formula is C12H24N2O2. The largest absolute Gasteiger partial charge is 0.394 e. The Bertz CT molecular complexity index is 209. The van der Waals surface area contributed by atoms with Gasteiger partial charge in [0.2, 0.25) is 0 Å². The number of aliphatic hydroxyl groups excluding tert-OH is 1. The van der Waals surface area contributed by atoms with Gasteiger partial charge in [-0.05, 0) is 32.7 Å². The number of ether oxygens (including phenoxy) is 1. The maximum atomic E-state index is 9.65. The summed E-state index contributed by atoms with van der Waals surface area (Å²) in [6.07, 6.45) is 3.55. The van der Waals surface area contributed by atoms with Crippen molar-refractivity contribution in [2.75, 3.05) is 39.4 Å². The molecule has 1 saturated heterocycles. The normalized spacial score (nSPS) is 36.8. The first-order valence-corrected chi connectivity index (χ1v) is 6.49. The molecule has 0 amide bonds. The van der Waals surface area contributed by atoms with Crippen LogP contribution in [0.5, 0.6) is 0 Å². The number of nitrogens with zero attached hydrogens (tertiary/aromatic N) is 1. The summed E-state index contributed by atoms with van der Waals surface area (Å²) < 4.78 is 5.60. The summed E-state index contributed by atoms with van der Waals surface area (Å²) in [5.41, 5.74) is 0.0197. The summed E-state index contributed by atoms with van der Waals surface area (Å²) in [4.78, 5) is 2.46. The molecule has 1 saturated carbocycles. The number of nitrogens with one attached hydrogen (secondary N) is 1. The van der Waals surface area contributed by atoms with Crippen molar-refractivity contribution in [3.63, 3.8) is 0 Å². The molecule has 0 radical (unpaired) electrons. The quantitative estimate of drug-likeness (QED) is 0.722. The van der Waals surface area contributed by atoms with Crippen LogP contribution in [0.1, 0.15) is 26.2 Å². The molecule has 2 aliphatic rings. The summed E-state index contributed by atoms with van der Waals surface area (Å²) >= 11 is 0. The van der Waals surface area contributed by atoms with Crippen molar-refractivity contribution in [1.29, 1.82) is 0 Å². The molecule has 1 aliphatic carbocycles. The Balaban J connectivity index is 1.89. The first kappa shape index (κ1) is 12.3. The zero-order valence-electron chi connectivity index (χ0n) is 10.2. The molecule has 0 spiro atoms. The van der Waals surface area contributed by atoms with Crippen LogP contribution in [0.4, 0.5) is 0 Å². The molecule has 0 bridgehead atoms. The minimum absolute atomic E-state index is 0.0197. The Kier molecular flexibility index (Phi) is 4.19. The lowest BCUT2D eigenvalue weighted by molar-refractivity contribution is -0.122. The van der Waals surface area contributed by atoms with Gasteiger partial charge in [0.25, 0.3) is 0 Å². The number of hydrogen-bond acceptors (Lipinski definition) is 4. The molecule has 4 heteroatoms. The lowest BCUT2D eigenvalue weighted by Crippen LogP contribution is -2.63. The molecule has 2 N–H and O–H groups in total. The average molecular weight is 228 g/mol. The highest BCUT2D eigenvalue weighted by Crippen LogP contribution is 2.39. The monoisotopic (exact) mass is 228 g/mol. The van der Waals surface area contributed by atoms with Crippen LogP contribution in [0.15, 0.2) is 0 Å². The van der Waals surface area contributed by atoms with Crippen LogP contribution in [0.25, 0.3) is 0 Å². The van der Waals surface area contributed by atoms with Gasteiger partial charge in [-0.25, -0.2) is 0 Å². The van der Waals surface area contributed by atoms with Gasteiger partial charge in [-0.1, -0.05) is 0 Å². The second kappa shape index (κ2) is 5.45. The van der Waals surface area contributed by atoms with Crippen LogP contribution in [0.2, 0.25) is 0 Å². The van der Waals surface area contributed by atoms with E-state index in [1.54, 1.807) is 0 Å². The number of rotatable bonds is 4. The maximum Gasteiger partial charge on any atom is 0.0617 e. The van der Waals surface area contributed by atoms with Crippen molar-refractivity contribution in [2.45, 2.75) is 37.8 Å². The molecular weight excluding hydrogens is 204 g/mol. The lowest BCUT2D eigenvalue weighted by Gasteiger charge is -2.52. The molecule has 0 aromatic carbocycles. The van der Waals surface area contributed by atoms with E-state index in [2.05, 4.69) is 10.2 Å². The minimum atomic E-state index is 0.0197. The fourth-order valence-corrected chi connectivity index (χ4v) is 2.95. The Hall–Kier alpha value is -0.160. The average Bonchev–Trinajstić information content (AvgIpc) is 2.51. The zero-order chi connectivity index (χ0) is 11.4. The molecule has 16 heavy (non-hydrogen) atoms. The minimum Gasteiger partial charge on any atom is -0.394 e. The molecule has 2 rings (SSSR count). The summed E-state index contributed by atoms with van der Waals surface area (Å²) in [7, 11) is 0. The lowest BCUT2D eigenvalue weighted by atomic mass is 9.73. The van der Waals surface area contributed by atoms with Crippen LogP contribution < -0.4 is 5.32 Å². The second-order valence-corrected chi connectivity index (χ2v) is 4.96. The Labute approximate surface area is 98.0 Å². The van der Waals surface area contributed by atoms with E-state index in [9.17, 15) is 5.11 Å². The molecule has 0 aromatic heterocycles. The smallest absolute Gasteiger partial charge is 0.0617 e. The van der Waals surface area contributed by atoms with E-state index < -0.39 is 0 Å². The van der Waals surface area contributed by atoms with Gasteiger partial charge in [-0.2, -0.15) is 0 Å². The Morgan fingerprint density at radius 3 is 2.88 bits per heavy atom. The summed E-state index contributed by atoms with van der Waals surface area (Å²) in [5, 5.41) is 13.1. The van der Waals surface area contributed by atoms with Gasteiger partial charge in [0, 0.05) is 31.8 Å². The Morgan fingerprint density at radius 2 is 2.19 bits per heavy atom. The van der Waals surface area contributed by atoms with Crippen molar-refractivity contribution >= 4 is 0 Å². The molecule has 1 heterocycles. The number of aliphatic hydroxyl groups is 1. The van der Waals surface area contributed by atoms with Crippen molar-refractivity contribution in [3.8, 4) is 0 Å². The highest BCUT2D eigenvalue weighted by molar-refractivity contribution is 5.03. The maximum absolute atomic E-state index is 9.65. The summed E-state index contributed by atoms with van der Waals surface area (Å²) in [6, 6.07) is 0.